The predicted octanol–water partition coefficient (Wildman–Crippen LogP) is 0.734. The molecule has 0 aromatic carbocycles. The molecule has 2 aromatic heterocycles. The summed E-state index contributed by atoms with van der Waals surface area (Å²) in [5, 5.41) is 14.9. The van der Waals surface area contributed by atoms with E-state index in [4.69, 9.17) is 0 Å². The molecule has 0 bridgehead atoms. The molecule has 3 rings (SSSR count). The number of aromatic nitrogens is 2. The van der Waals surface area contributed by atoms with E-state index in [9.17, 15) is 14.7 Å². The lowest BCUT2D eigenvalue weighted by molar-refractivity contribution is -0.129. The molecule has 112 valence electrons. The number of carbonyl (C=O) groups is 1. The zero-order valence-corrected chi connectivity index (χ0v) is 12.7. The Kier molecular flexibility index (Phi) is 3.33. The number of aliphatic hydroxyl groups is 1. The molecular formula is C14H17N3O3S. The van der Waals surface area contributed by atoms with Crippen LogP contribution in [0.3, 0.4) is 0 Å². The molecule has 7 heteroatoms. The zero-order chi connectivity index (χ0) is 15.2. The predicted molar refractivity (Wildman–Crippen MR) is 80.2 cm³/mol. The van der Waals surface area contributed by atoms with Gasteiger partial charge in [0.1, 0.15) is 11.4 Å². The van der Waals surface area contributed by atoms with Crippen LogP contribution < -0.4 is 10.9 Å². The molecular weight excluding hydrogens is 290 g/mol. The van der Waals surface area contributed by atoms with Crippen LogP contribution in [0, 0.1) is 5.41 Å². The molecule has 1 fully saturated rings. The van der Waals surface area contributed by atoms with Crippen LogP contribution in [0.2, 0.25) is 0 Å². The second-order valence-corrected chi connectivity index (χ2v) is 6.90. The van der Waals surface area contributed by atoms with Gasteiger partial charge in [0.25, 0.3) is 5.56 Å². The Hall–Kier alpha value is -1.73. The van der Waals surface area contributed by atoms with Crippen molar-refractivity contribution in [2.24, 2.45) is 5.41 Å². The van der Waals surface area contributed by atoms with E-state index in [2.05, 4.69) is 10.3 Å². The van der Waals surface area contributed by atoms with Crippen molar-refractivity contribution in [2.45, 2.75) is 39.0 Å². The molecule has 0 spiro atoms. The van der Waals surface area contributed by atoms with E-state index < -0.39 is 6.10 Å². The summed E-state index contributed by atoms with van der Waals surface area (Å²) in [6.45, 7) is 3.77. The van der Waals surface area contributed by atoms with Crippen LogP contribution >= 0.6 is 11.3 Å². The number of nitrogens with zero attached hydrogens (tertiary/aromatic N) is 2. The molecule has 0 saturated heterocycles. The van der Waals surface area contributed by atoms with Crippen LogP contribution in [0.15, 0.2) is 22.6 Å². The van der Waals surface area contributed by atoms with Gasteiger partial charge in [-0.25, -0.2) is 4.98 Å². The molecule has 6 nitrogen and oxygen atoms in total. The monoisotopic (exact) mass is 307 g/mol. The molecule has 1 amide bonds. The third-order valence-corrected chi connectivity index (χ3v) is 5.14. The van der Waals surface area contributed by atoms with Gasteiger partial charge >= 0.3 is 0 Å². The zero-order valence-electron chi connectivity index (χ0n) is 11.9. The molecule has 1 aliphatic rings. The minimum Gasteiger partial charge on any atom is -0.392 e. The Bertz CT molecular complexity index is 749. The number of nitrogens with one attached hydrogen (secondary N) is 1. The first-order chi connectivity index (χ1) is 9.89. The van der Waals surface area contributed by atoms with E-state index in [0.29, 0.717) is 16.6 Å². The minimum atomic E-state index is -0.394. The van der Waals surface area contributed by atoms with E-state index in [-0.39, 0.29) is 29.5 Å². The van der Waals surface area contributed by atoms with Crippen LogP contribution in [0.5, 0.6) is 0 Å². The maximum atomic E-state index is 12.2. The maximum absolute atomic E-state index is 12.2. The van der Waals surface area contributed by atoms with E-state index in [1.807, 2.05) is 19.2 Å². The summed E-state index contributed by atoms with van der Waals surface area (Å²) in [6, 6.07) is 1.66. The lowest BCUT2D eigenvalue weighted by atomic mass is 9.64. The summed E-state index contributed by atoms with van der Waals surface area (Å²) in [5.74, 6) is -0.238. The van der Waals surface area contributed by atoms with Crippen LogP contribution in [-0.2, 0) is 11.3 Å². The summed E-state index contributed by atoms with van der Waals surface area (Å²) in [5.41, 5.74) is -0.528. The van der Waals surface area contributed by atoms with Crippen molar-refractivity contribution in [1.82, 2.24) is 14.9 Å². The molecule has 1 saturated carbocycles. The number of amides is 1. The van der Waals surface area contributed by atoms with Crippen LogP contribution in [0.4, 0.5) is 0 Å². The number of rotatable bonds is 3. The summed E-state index contributed by atoms with van der Waals surface area (Å²) < 4.78 is 1.31. The number of thiophene rings is 1. The highest BCUT2D eigenvalue weighted by molar-refractivity contribution is 7.16. The number of hydrogen-bond donors (Lipinski definition) is 2. The second-order valence-electron chi connectivity index (χ2n) is 6.01. The maximum Gasteiger partial charge on any atom is 0.262 e. The number of aliphatic hydroxyl groups excluding tert-OH is 1. The molecule has 2 atom stereocenters. The average molecular weight is 307 g/mol. The van der Waals surface area contributed by atoms with Crippen molar-refractivity contribution in [3.8, 4) is 0 Å². The fourth-order valence-corrected chi connectivity index (χ4v) is 3.27. The molecule has 2 N–H and O–H groups in total. The molecule has 2 aromatic rings. The van der Waals surface area contributed by atoms with Gasteiger partial charge in [0.05, 0.1) is 17.8 Å². The summed E-state index contributed by atoms with van der Waals surface area (Å²) in [6.07, 6.45) is 1.56. The van der Waals surface area contributed by atoms with Gasteiger partial charge in [-0.15, -0.1) is 11.3 Å². The summed E-state index contributed by atoms with van der Waals surface area (Å²) in [4.78, 5) is 29.1. The van der Waals surface area contributed by atoms with Crippen molar-refractivity contribution in [3.05, 3.63) is 28.1 Å². The van der Waals surface area contributed by atoms with Crippen molar-refractivity contribution in [3.63, 3.8) is 0 Å². The quantitative estimate of drug-likeness (QED) is 0.876. The molecule has 21 heavy (non-hydrogen) atoms. The van der Waals surface area contributed by atoms with Crippen molar-refractivity contribution in [2.75, 3.05) is 0 Å². The average Bonchev–Trinajstić information content (AvgIpc) is 2.91. The van der Waals surface area contributed by atoms with Crippen molar-refractivity contribution >= 4 is 27.5 Å². The van der Waals surface area contributed by atoms with Crippen molar-refractivity contribution in [1.29, 1.82) is 0 Å². The Morgan fingerprint density at radius 1 is 1.62 bits per heavy atom. The van der Waals surface area contributed by atoms with E-state index >= 15 is 0 Å². The van der Waals surface area contributed by atoms with Gasteiger partial charge < -0.3 is 10.4 Å². The molecule has 0 radical (unpaired) electrons. The van der Waals surface area contributed by atoms with Gasteiger partial charge in [0.2, 0.25) is 5.91 Å². The Balaban J connectivity index is 1.72. The highest BCUT2D eigenvalue weighted by Gasteiger charge is 2.47. The van der Waals surface area contributed by atoms with Crippen LogP contribution in [0.25, 0.3) is 10.2 Å². The van der Waals surface area contributed by atoms with Gasteiger partial charge in [-0.3, -0.25) is 14.2 Å². The Morgan fingerprint density at radius 2 is 2.38 bits per heavy atom. The smallest absolute Gasteiger partial charge is 0.262 e. The van der Waals surface area contributed by atoms with Gasteiger partial charge in [-0.1, -0.05) is 13.8 Å². The number of hydrogen-bond acceptors (Lipinski definition) is 5. The van der Waals surface area contributed by atoms with E-state index in [1.54, 1.807) is 6.07 Å². The standard InChI is InChI=1S/C14H17N3O3S/c1-14(2)9(5-10(14)18)16-11(19)6-17-7-15-12-8(13(17)20)3-4-21-12/h3-4,7,9-10,18H,5-6H2,1-2H3,(H,16,19). The second kappa shape index (κ2) is 4.92. The fourth-order valence-electron chi connectivity index (χ4n) is 2.55. The lowest BCUT2D eigenvalue weighted by Gasteiger charge is -2.49. The van der Waals surface area contributed by atoms with E-state index in [0.717, 1.165) is 0 Å². The molecule has 0 aliphatic heterocycles. The Labute approximate surface area is 125 Å². The highest BCUT2D eigenvalue weighted by Crippen LogP contribution is 2.40. The van der Waals surface area contributed by atoms with Gasteiger partial charge in [0, 0.05) is 11.5 Å². The lowest BCUT2D eigenvalue weighted by Crippen LogP contribution is -2.61. The minimum absolute atomic E-state index is 0.0553. The highest BCUT2D eigenvalue weighted by atomic mass is 32.1. The normalized spacial score (nSPS) is 23.8. The molecule has 1 aliphatic carbocycles. The fraction of sp³-hybridized carbons (Fsp3) is 0.500. The van der Waals surface area contributed by atoms with Gasteiger partial charge in [-0.2, -0.15) is 0 Å². The third kappa shape index (κ3) is 2.36. The van der Waals surface area contributed by atoms with E-state index in [1.165, 1.54) is 22.2 Å². The number of fused-ring (bicyclic) bond motifs is 1. The molecule has 2 unspecified atom stereocenters. The van der Waals surface area contributed by atoms with Crippen molar-refractivity contribution < 1.29 is 9.90 Å². The summed E-state index contributed by atoms with van der Waals surface area (Å²) in [7, 11) is 0. The first kappa shape index (κ1) is 14.2. The Morgan fingerprint density at radius 3 is 3.05 bits per heavy atom. The summed E-state index contributed by atoms with van der Waals surface area (Å²) >= 11 is 1.40. The first-order valence-electron chi connectivity index (χ1n) is 6.79. The first-order valence-corrected chi connectivity index (χ1v) is 7.67. The molecule has 2 heterocycles. The van der Waals surface area contributed by atoms with Gasteiger partial charge in [-0.05, 0) is 17.9 Å². The van der Waals surface area contributed by atoms with Crippen LogP contribution in [0.1, 0.15) is 20.3 Å². The third-order valence-electron chi connectivity index (χ3n) is 4.32. The number of carbonyl (C=O) groups excluding carboxylic acids is 1. The van der Waals surface area contributed by atoms with Gasteiger partial charge in [0.15, 0.2) is 0 Å². The topological polar surface area (TPSA) is 84.2 Å². The SMILES string of the molecule is CC1(C)C(O)CC1NC(=O)Cn1cnc2sccc2c1=O. The van der Waals surface area contributed by atoms with Crippen LogP contribution in [-0.4, -0.2) is 32.7 Å². The largest absolute Gasteiger partial charge is 0.392 e.